The number of rotatable bonds is 3. The van der Waals surface area contributed by atoms with Crippen LogP contribution in [0.1, 0.15) is 0 Å². The summed E-state index contributed by atoms with van der Waals surface area (Å²) in [6.45, 7) is -1.34. The van der Waals surface area contributed by atoms with Crippen LogP contribution >= 0.6 is 0 Å². The van der Waals surface area contributed by atoms with Crippen LogP contribution in [-0.4, -0.2) is 22.0 Å². The third-order valence-electron chi connectivity index (χ3n) is 2.46. The Labute approximate surface area is 109 Å². The first-order chi connectivity index (χ1) is 8.88. The van der Waals surface area contributed by atoms with Gasteiger partial charge < -0.3 is 5.11 Å². The molecule has 0 aromatic heterocycles. The van der Waals surface area contributed by atoms with E-state index >= 15 is 0 Å². The molecule has 7 heteroatoms. The molecule has 0 saturated heterocycles. The van der Waals surface area contributed by atoms with Gasteiger partial charge in [0.05, 0.1) is 4.90 Å². The van der Waals surface area contributed by atoms with Gasteiger partial charge in [-0.05, 0) is 12.1 Å². The van der Waals surface area contributed by atoms with Gasteiger partial charge in [0.25, 0.3) is 0 Å². The van der Waals surface area contributed by atoms with Crippen LogP contribution in [0.2, 0.25) is 0 Å². The van der Waals surface area contributed by atoms with Crippen molar-refractivity contribution in [3.8, 4) is 5.75 Å². The van der Waals surface area contributed by atoms with Gasteiger partial charge in [-0.15, -0.1) is 0 Å². The Morgan fingerprint density at radius 1 is 1.11 bits per heavy atom. The highest BCUT2D eigenvalue weighted by Crippen LogP contribution is 2.29. The molecule has 102 valence electrons. The molecule has 0 aliphatic heterocycles. The highest BCUT2D eigenvalue weighted by Gasteiger charge is 2.28. The first kappa shape index (κ1) is 13.8. The summed E-state index contributed by atoms with van der Waals surface area (Å²) in [6.07, 6.45) is -4.43. The largest absolute Gasteiger partial charge is 0.507 e. The fourth-order valence-corrected chi connectivity index (χ4v) is 2.66. The number of halogens is 3. The predicted molar refractivity (Wildman–Crippen MR) is 66.1 cm³/mol. The van der Waals surface area contributed by atoms with Crippen LogP contribution in [0.25, 0.3) is 10.8 Å². The molecule has 0 radical (unpaired) electrons. The van der Waals surface area contributed by atoms with Crippen LogP contribution in [0, 0.1) is 0 Å². The van der Waals surface area contributed by atoms with Gasteiger partial charge in [-0.2, -0.15) is 13.2 Å². The molecule has 0 aliphatic carbocycles. The second-order valence-corrected chi connectivity index (χ2v) is 5.10. The summed E-state index contributed by atoms with van der Waals surface area (Å²) in [7, 11) is -1.99. The second kappa shape index (κ2) is 5.18. The summed E-state index contributed by atoms with van der Waals surface area (Å²) in [5, 5.41) is 10.5. The van der Waals surface area contributed by atoms with Gasteiger partial charge in [0.1, 0.15) is 23.3 Å². The van der Waals surface area contributed by atoms with E-state index in [1.54, 1.807) is 24.3 Å². The van der Waals surface area contributed by atoms with E-state index in [4.69, 9.17) is 0 Å². The van der Waals surface area contributed by atoms with E-state index in [0.717, 1.165) is 0 Å². The van der Waals surface area contributed by atoms with Crippen molar-refractivity contribution < 1.29 is 22.5 Å². The molecule has 0 heterocycles. The average Bonchev–Trinajstić information content (AvgIpc) is 2.36. The summed E-state index contributed by atoms with van der Waals surface area (Å²) in [5.41, 5.74) is 0. The lowest BCUT2D eigenvalue weighted by molar-refractivity contribution is -0.121. The van der Waals surface area contributed by atoms with Gasteiger partial charge in [0.15, 0.2) is 0 Å². The fraction of sp³-hybridized carbons (Fsp3) is 0.167. The molecule has 0 spiro atoms. The maximum atomic E-state index is 12.1. The minimum atomic E-state index is -4.43. The maximum absolute atomic E-state index is 12.1. The third kappa shape index (κ3) is 3.24. The van der Waals surface area contributed by atoms with Crippen molar-refractivity contribution in [3.63, 3.8) is 0 Å². The first-order valence-electron chi connectivity index (χ1n) is 5.31. The molecule has 19 heavy (non-hydrogen) atoms. The molecule has 2 aromatic rings. The number of fused-ring (bicyclic) bond motifs is 1. The number of aromatic hydroxyl groups is 1. The number of benzene rings is 2. The van der Waals surface area contributed by atoms with Crippen molar-refractivity contribution in [1.29, 1.82) is 0 Å². The molecule has 2 rings (SSSR count). The predicted octanol–water partition coefficient (Wildman–Crippen LogP) is 2.72. The maximum Gasteiger partial charge on any atom is 0.402 e. The highest BCUT2D eigenvalue weighted by atomic mass is 32.2. The highest BCUT2D eigenvalue weighted by molar-refractivity contribution is 7.83. The number of phenolic OH excluding ortho intramolecular Hbond substituents is 1. The fourth-order valence-electron chi connectivity index (χ4n) is 1.64. The van der Waals surface area contributed by atoms with Gasteiger partial charge in [-0.1, -0.05) is 24.3 Å². The molecule has 0 fully saturated rings. The lowest BCUT2D eigenvalue weighted by Gasteiger charge is -2.10. The molecule has 0 aliphatic rings. The van der Waals surface area contributed by atoms with Crippen molar-refractivity contribution in [1.82, 2.24) is 4.72 Å². The zero-order chi connectivity index (χ0) is 14.0. The van der Waals surface area contributed by atoms with Crippen LogP contribution in [0.5, 0.6) is 5.75 Å². The van der Waals surface area contributed by atoms with E-state index in [-0.39, 0.29) is 10.6 Å². The summed E-state index contributed by atoms with van der Waals surface area (Å²) >= 11 is 0. The topological polar surface area (TPSA) is 49.3 Å². The average molecular weight is 289 g/mol. The van der Waals surface area contributed by atoms with Gasteiger partial charge in [0.2, 0.25) is 0 Å². The zero-order valence-electron chi connectivity index (χ0n) is 9.57. The van der Waals surface area contributed by atoms with Crippen molar-refractivity contribution in [2.24, 2.45) is 0 Å². The Balaban J connectivity index is 2.35. The molecule has 1 unspecified atom stereocenters. The Morgan fingerprint density at radius 3 is 2.37 bits per heavy atom. The number of alkyl halides is 3. The minimum absolute atomic E-state index is 0.00725. The lowest BCUT2D eigenvalue weighted by Crippen LogP contribution is -2.30. The smallest absolute Gasteiger partial charge is 0.402 e. The quantitative estimate of drug-likeness (QED) is 0.912. The Kier molecular flexibility index (Phi) is 3.77. The summed E-state index contributed by atoms with van der Waals surface area (Å²) in [5.74, 6) is -0.00725. The number of hydrogen-bond donors (Lipinski definition) is 2. The third-order valence-corrected chi connectivity index (χ3v) is 3.63. The van der Waals surface area contributed by atoms with Gasteiger partial charge >= 0.3 is 6.18 Å². The van der Waals surface area contributed by atoms with Crippen LogP contribution in [0.15, 0.2) is 41.3 Å². The monoisotopic (exact) mass is 289 g/mol. The molecule has 0 bridgehead atoms. The van der Waals surface area contributed by atoms with Gasteiger partial charge in [-0.25, -0.2) is 8.93 Å². The SMILES string of the molecule is O=S(NCC(F)(F)F)c1ccc(O)c2ccccc12. The molecular weight excluding hydrogens is 279 g/mol. The normalized spacial score (nSPS) is 13.6. The molecular formula is C12H10F3NO2S. The summed E-state index contributed by atoms with van der Waals surface area (Å²) in [6, 6.07) is 9.19. The van der Waals surface area contributed by atoms with E-state index in [1.165, 1.54) is 12.1 Å². The summed E-state index contributed by atoms with van der Waals surface area (Å²) in [4.78, 5) is 0.206. The molecule has 2 aromatic carbocycles. The van der Waals surface area contributed by atoms with Crippen molar-refractivity contribution >= 4 is 21.8 Å². The standard InChI is InChI=1S/C12H10F3NO2S/c13-12(14,15)7-16-19(18)11-6-5-10(17)8-3-1-2-4-9(8)11/h1-6,16-17H,7H2. The molecule has 2 N–H and O–H groups in total. The first-order valence-corrected chi connectivity index (χ1v) is 6.46. The minimum Gasteiger partial charge on any atom is -0.507 e. The van der Waals surface area contributed by atoms with Crippen molar-refractivity contribution in [3.05, 3.63) is 36.4 Å². The Bertz CT molecular complexity index is 628. The second-order valence-electron chi connectivity index (χ2n) is 3.83. The number of nitrogens with one attached hydrogen (secondary N) is 1. The molecule has 1 atom stereocenters. The van der Waals surface area contributed by atoms with E-state index in [9.17, 15) is 22.5 Å². The van der Waals surface area contributed by atoms with Gasteiger partial charge in [-0.3, -0.25) is 0 Å². The van der Waals surface area contributed by atoms with E-state index in [2.05, 4.69) is 0 Å². The van der Waals surface area contributed by atoms with Crippen molar-refractivity contribution in [2.75, 3.05) is 6.54 Å². The number of hydrogen-bond acceptors (Lipinski definition) is 2. The molecule has 3 nitrogen and oxygen atoms in total. The van der Waals surface area contributed by atoms with E-state index in [0.29, 0.717) is 10.8 Å². The summed E-state index contributed by atoms with van der Waals surface area (Å²) < 4.78 is 50.0. The van der Waals surface area contributed by atoms with Crippen molar-refractivity contribution in [2.45, 2.75) is 11.1 Å². The molecule has 0 saturated carbocycles. The van der Waals surface area contributed by atoms with E-state index in [1.807, 2.05) is 4.72 Å². The van der Waals surface area contributed by atoms with Crippen LogP contribution in [0.4, 0.5) is 13.2 Å². The van der Waals surface area contributed by atoms with E-state index < -0.39 is 23.7 Å². The van der Waals surface area contributed by atoms with Crippen LogP contribution in [0.3, 0.4) is 0 Å². The Morgan fingerprint density at radius 2 is 1.74 bits per heavy atom. The van der Waals surface area contributed by atoms with Crippen LogP contribution < -0.4 is 4.72 Å². The van der Waals surface area contributed by atoms with Crippen LogP contribution in [-0.2, 0) is 11.0 Å². The lowest BCUT2D eigenvalue weighted by atomic mass is 10.1. The molecule has 0 amide bonds. The number of phenols is 1. The zero-order valence-corrected chi connectivity index (χ0v) is 10.4. The van der Waals surface area contributed by atoms with Gasteiger partial charge in [0, 0.05) is 10.8 Å². The Hall–Kier alpha value is -1.60.